The number of rotatable bonds is 1. The van der Waals surface area contributed by atoms with Crippen LogP contribution in [0.15, 0.2) is 24.3 Å². The minimum absolute atomic E-state index is 0.0420. The summed E-state index contributed by atoms with van der Waals surface area (Å²) in [4.78, 5) is 14.2. The van der Waals surface area contributed by atoms with E-state index in [1.807, 2.05) is 0 Å². The number of phenols is 1. The van der Waals surface area contributed by atoms with Crippen LogP contribution in [-0.2, 0) is 12.8 Å². The van der Waals surface area contributed by atoms with E-state index in [0.29, 0.717) is 29.6 Å². The number of carboxylic acid groups (broad SMARTS) is 1. The number of hydrogen-bond donors (Lipinski definition) is 3. The molecule has 1 aliphatic carbocycles. The van der Waals surface area contributed by atoms with Crippen molar-refractivity contribution in [2.45, 2.75) is 12.8 Å². The topological polar surface area (TPSA) is 73.3 Å². The maximum Gasteiger partial charge on any atom is 0.339 e. The minimum atomic E-state index is -1.18. The summed E-state index contributed by atoms with van der Waals surface area (Å²) in [6.45, 7) is 0. The van der Waals surface area contributed by atoms with Gasteiger partial charge in [0.1, 0.15) is 11.3 Å². The van der Waals surface area contributed by atoms with Gasteiger partial charge in [-0.15, -0.1) is 0 Å². The van der Waals surface area contributed by atoms with Gasteiger partial charge in [0.05, 0.1) is 16.2 Å². The van der Waals surface area contributed by atoms with Crippen molar-refractivity contribution in [3.63, 3.8) is 0 Å². The van der Waals surface area contributed by atoms with Crippen LogP contribution in [0.1, 0.15) is 21.5 Å². The van der Waals surface area contributed by atoms with E-state index < -0.39 is 11.8 Å². The average Bonchev–Trinajstić information content (AvgIpc) is 2.90. The maximum absolute atomic E-state index is 14.2. The number of carbonyl (C=O) groups is 1. The summed E-state index contributed by atoms with van der Waals surface area (Å²) in [6, 6.07) is 6.19. The van der Waals surface area contributed by atoms with E-state index in [-0.39, 0.29) is 16.3 Å². The van der Waals surface area contributed by atoms with Gasteiger partial charge in [0.2, 0.25) is 0 Å². The van der Waals surface area contributed by atoms with Gasteiger partial charge < -0.3 is 15.2 Å². The minimum Gasteiger partial charge on any atom is -0.507 e. The second-order valence-electron chi connectivity index (χ2n) is 5.59. The summed E-state index contributed by atoms with van der Waals surface area (Å²) >= 11 is 5.83. The number of aromatic amines is 1. The van der Waals surface area contributed by atoms with E-state index in [2.05, 4.69) is 4.98 Å². The second-order valence-corrected chi connectivity index (χ2v) is 6.00. The molecule has 0 unspecified atom stereocenters. The average molecular weight is 332 g/mol. The summed E-state index contributed by atoms with van der Waals surface area (Å²) in [5.41, 5.74) is 3.36. The number of nitrogens with one attached hydrogen (secondary N) is 1. The fraction of sp³-hybridized carbons (Fsp3) is 0.118. The highest BCUT2D eigenvalue weighted by molar-refractivity contribution is 6.31. The fourth-order valence-electron chi connectivity index (χ4n) is 3.25. The van der Waals surface area contributed by atoms with Crippen LogP contribution in [0.25, 0.3) is 22.2 Å². The molecule has 0 spiro atoms. The SMILES string of the molecule is O=C(O)c1cc2c(cc1O)-c1[nH]c3c(F)c(Cl)ccc3c1CC2. The van der Waals surface area contributed by atoms with E-state index in [1.165, 1.54) is 18.2 Å². The molecule has 0 atom stereocenters. The summed E-state index contributed by atoms with van der Waals surface area (Å²) in [7, 11) is 0. The first-order chi connectivity index (χ1) is 11.0. The molecule has 1 aromatic heterocycles. The Morgan fingerprint density at radius 3 is 2.78 bits per heavy atom. The molecule has 3 aromatic rings. The molecule has 0 radical (unpaired) electrons. The first-order valence-electron chi connectivity index (χ1n) is 7.05. The van der Waals surface area contributed by atoms with Crippen LogP contribution in [0, 0.1) is 5.82 Å². The lowest BCUT2D eigenvalue weighted by Crippen LogP contribution is -2.06. The molecule has 1 aliphatic rings. The molecule has 116 valence electrons. The van der Waals surface area contributed by atoms with Gasteiger partial charge >= 0.3 is 5.97 Å². The first-order valence-corrected chi connectivity index (χ1v) is 7.43. The molecular weight excluding hydrogens is 321 g/mol. The zero-order chi connectivity index (χ0) is 16.3. The Morgan fingerprint density at radius 1 is 1.26 bits per heavy atom. The summed E-state index contributed by atoms with van der Waals surface area (Å²) in [5, 5.41) is 19.9. The number of aryl methyl sites for hydroxylation is 2. The molecule has 1 heterocycles. The lowest BCUT2D eigenvalue weighted by molar-refractivity contribution is 0.0693. The monoisotopic (exact) mass is 331 g/mol. The number of H-pyrrole nitrogens is 1. The van der Waals surface area contributed by atoms with Crippen molar-refractivity contribution >= 4 is 28.5 Å². The Bertz CT molecular complexity index is 993. The van der Waals surface area contributed by atoms with Gasteiger partial charge in [0.25, 0.3) is 0 Å². The molecule has 0 bridgehead atoms. The Labute approximate surface area is 135 Å². The summed E-state index contributed by atoms with van der Waals surface area (Å²) in [5.74, 6) is -1.99. The predicted molar refractivity (Wildman–Crippen MR) is 84.7 cm³/mol. The van der Waals surface area contributed by atoms with Crippen molar-refractivity contribution < 1.29 is 19.4 Å². The van der Waals surface area contributed by atoms with Crippen LogP contribution < -0.4 is 0 Å². The zero-order valence-electron chi connectivity index (χ0n) is 11.8. The van der Waals surface area contributed by atoms with Crippen molar-refractivity contribution in [1.82, 2.24) is 4.98 Å². The number of hydrogen-bond acceptors (Lipinski definition) is 2. The Balaban J connectivity index is 2.02. The molecule has 0 fully saturated rings. The maximum atomic E-state index is 14.2. The third-order valence-corrected chi connectivity index (χ3v) is 4.63. The molecule has 3 N–H and O–H groups in total. The highest BCUT2D eigenvalue weighted by Gasteiger charge is 2.25. The van der Waals surface area contributed by atoms with Crippen LogP contribution in [0.2, 0.25) is 5.02 Å². The number of benzene rings is 2. The van der Waals surface area contributed by atoms with Crippen LogP contribution in [0.5, 0.6) is 5.75 Å². The largest absolute Gasteiger partial charge is 0.507 e. The molecule has 4 nitrogen and oxygen atoms in total. The van der Waals surface area contributed by atoms with Gasteiger partial charge in [0.15, 0.2) is 5.82 Å². The Kier molecular flexibility index (Phi) is 2.90. The first kappa shape index (κ1) is 14.1. The lowest BCUT2D eigenvalue weighted by Gasteiger charge is -2.18. The summed E-state index contributed by atoms with van der Waals surface area (Å²) < 4.78 is 14.2. The van der Waals surface area contributed by atoms with E-state index >= 15 is 0 Å². The predicted octanol–water partition coefficient (Wildman–Crippen LogP) is 4.13. The zero-order valence-corrected chi connectivity index (χ0v) is 12.5. The Hall–Kier alpha value is -2.53. The number of aromatic carboxylic acids is 1. The molecule has 23 heavy (non-hydrogen) atoms. The van der Waals surface area contributed by atoms with Gasteiger partial charge in [-0.25, -0.2) is 9.18 Å². The van der Waals surface area contributed by atoms with E-state index in [0.717, 1.165) is 16.5 Å². The second kappa shape index (κ2) is 4.73. The van der Waals surface area contributed by atoms with Crippen molar-refractivity contribution in [3.8, 4) is 17.0 Å². The van der Waals surface area contributed by atoms with E-state index in [9.17, 15) is 14.3 Å². The van der Waals surface area contributed by atoms with Gasteiger partial charge in [-0.3, -0.25) is 0 Å². The van der Waals surface area contributed by atoms with Gasteiger partial charge in [-0.2, -0.15) is 0 Å². The number of aromatic hydroxyl groups is 1. The van der Waals surface area contributed by atoms with Crippen molar-refractivity contribution in [3.05, 3.63) is 51.8 Å². The highest BCUT2D eigenvalue weighted by Crippen LogP contribution is 2.41. The van der Waals surface area contributed by atoms with Crippen LogP contribution in [0.3, 0.4) is 0 Å². The molecule has 0 amide bonds. The molecule has 4 rings (SSSR count). The number of halogens is 2. The van der Waals surface area contributed by atoms with Crippen molar-refractivity contribution in [1.29, 1.82) is 0 Å². The number of aromatic nitrogens is 1. The molecule has 0 aliphatic heterocycles. The number of carboxylic acids is 1. The van der Waals surface area contributed by atoms with E-state index in [4.69, 9.17) is 16.7 Å². The third-order valence-electron chi connectivity index (χ3n) is 4.34. The van der Waals surface area contributed by atoms with Crippen LogP contribution in [0.4, 0.5) is 4.39 Å². The van der Waals surface area contributed by atoms with Crippen LogP contribution >= 0.6 is 11.6 Å². The smallest absolute Gasteiger partial charge is 0.339 e. The van der Waals surface area contributed by atoms with Crippen molar-refractivity contribution in [2.75, 3.05) is 0 Å². The van der Waals surface area contributed by atoms with E-state index in [1.54, 1.807) is 6.07 Å². The molecule has 2 aromatic carbocycles. The van der Waals surface area contributed by atoms with Crippen molar-refractivity contribution in [2.24, 2.45) is 0 Å². The fourth-order valence-corrected chi connectivity index (χ4v) is 3.41. The highest BCUT2D eigenvalue weighted by atomic mass is 35.5. The van der Waals surface area contributed by atoms with Gasteiger partial charge in [-0.1, -0.05) is 17.7 Å². The molecule has 6 heteroatoms. The molecular formula is C17H11ClFNO3. The van der Waals surface area contributed by atoms with Crippen LogP contribution in [-0.4, -0.2) is 21.2 Å². The number of fused-ring (bicyclic) bond motifs is 5. The lowest BCUT2D eigenvalue weighted by atomic mass is 9.87. The molecule has 0 saturated heterocycles. The third kappa shape index (κ3) is 1.93. The normalized spacial score (nSPS) is 13.0. The quantitative estimate of drug-likeness (QED) is 0.627. The van der Waals surface area contributed by atoms with Gasteiger partial charge in [-0.05, 0) is 42.2 Å². The standard InChI is InChI=1S/C17H11ClFNO3/c18-12-4-3-9-8-2-1-7-5-11(17(22)23)13(21)6-10(7)15(8)20-16(9)14(12)19/h3-6,20-21H,1-2H2,(H,22,23). The van der Waals surface area contributed by atoms with Gasteiger partial charge in [0, 0.05) is 10.9 Å². The summed E-state index contributed by atoms with van der Waals surface area (Å²) in [6.07, 6.45) is 1.29. The Morgan fingerprint density at radius 2 is 2.04 bits per heavy atom. The molecule has 0 saturated carbocycles.